The second-order valence-corrected chi connectivity index (χ2v) is 3.00. The Morgan fingerprint density at radius 3 is 2.57 bits per heavy atom. The fourth-order valence-corrected chi connectivity index (χ4v) is 1.07. The summed E-state index contributed by atoms with van der Waals surface area (Å²) in [6.07, 6.45) is 0. The number of hydrogen-bond donors (Lipinski definition) is 2. The fourth-order valence-electron chi connectivity index (χ4n) is 0.854. The van der Waals surface area contributed by atoms with Gasteiger partial charge in [-0.05, 0) is 0 Å². The maximum atomic E-state index is 11.3. The molecule has 0 bridgehead atoms. The third-order valence-corrected chi connectivity index (χ3v) is 1.62. The van der Waals surface area contributed by atoms with Gasteiger partial charge in [-0.3, -0.25) is 25.1 Å². The van der Waals surface area contributed by atoms with Crippen LogP contribution in [-0.2, 0) is 11.8 Å². The molecule has 0 radical (unpaired) electrons. The average molecular weight is 217 g/mol. The first-order valence-corrected chi connectivity index (χ1v) is 4.15. The van der Waals surface area contributed by atoms with Gasteiger partial charge < -0.3 is 0 Å². The molecule has 0 aliphatic carbocycles. The van der Waals surface area contributed by atoms with Crippen molar-refractivity contribution in [2.45, 2.75) is 6.92 Å². The molecular weight excluding hydrogens is 208 g/mol. The lowest BCUT2D eigenvalue weighted by Crippen LogP contribution is -2.41. The lowest BCUT2D eigenvalue weighted by molar-refractivity contribution is -0.119. The molecule has 0 saturated heterocycles. The molecule has 6 nitrogen and oxygen atoms in total. The van der Waals surface area contributed by atoms with E-state index in [1.807, 2.05) is 0 Å². The number of aryl methyl sites for hydroxylation is 1. The van der Waals surface area contributed by atoms with Crippen LogP contribution in [-0.4, -0.2) is 21.6 Å². The first-order valence-electron chi connectivity index (χ1n) is 3.77. The SMILES string of the molecule is CC(=O)NNC(=O)c1cc(Cl)nn1C. The number of nitrogens with one attached hydrogen (secondary N) is 2. The summed E-state index contributed by atoms with van der Waals surface area (Å²) in [5.41, 5.74) is 4.62. The number of halogens is 1. The molecule has 0 aliphatic heterocycles. The van der Waals surface area contributed by atoms with Crippen molar-refractivity contribution in [3.05, 3.63) is 16.9 Å². The Bertz CT molecular complexity index is 374. The Labute approximate surface area is 85.2 Å². The normalized spacial score (nSPS) is 9.64. The van der Waals surface area contributed by atoms with Crippen molar-refractivity contribution in [2.75, 3.05) is 0 Å². The van der Waals surface area contributed by atoms with E-state index < -0.39 is 5.91 Å². The number of amides is 2. The Balaban J connectivity index is 2.69. The summed E-state index contributed by atoms with van der Waals surface area (Å²) in [6.45, 7) is 1.29. The molecule has 0 aromatic carbocycles. The van der Waals surface area contributed by atoms with Crippen molar-refractivity contribution in [1.82, 2.24) is 20.6 Å². The molecule has 7 heteroatoms. The largest absolute Gasteiger partial charge is 0.287 e. The van der Waals surface area contributed by atoms with Gasteiger partial charge in [-0.1, -0.05) is 11.6 Å². The highest BCUT2D eigenvalue weighted by Crippen LogP contribution is 2.07. The van der Waals surface area contributed by atoms with Crippen molar-refractivity contribution in [3.8, 4) is 0 Å². The van der Waals surface area contributed by atoms with Crippen molar-refractivity contribution >= 4 is 23.4 Å². The molecule has 0 atom stereocenters. The minimum absolute atomic E-state index is 0.223. The van der Waals surface area contributed by atoms with E-state index in [1.54, 1.807) is 7.05 Å². The van der Waals surface area contributed by atoms with Gasteiger partial charge >= 0.3 is 0 Å². The lowest BCUT2D eigenvalue weighted by Gasteiger charge is -2.04. The molecule has 1 aromatic rings. The number of nitrogens with zero attached hydrogens (tertiary/aromatic N) is 2. The molecule has 2 N–H and O–H groups in total. The molecule has 0 fully saturated rings. The molecule has 1 rings (SSSR count). The maximum absolute atomic E-state index is 11.3. The molecule has 76 valence electrons. The molecule has 0 saturated carbocycles. The molecule has 0 spiro atoms. The van der Waals surface area contributed by atoms with E-state index in [-0.39, 0.29) is 16.8 Å². The van der Waals surface area contributed by atoms with E-state index in [0.717, 1.165) is 0 Å². The second kappa shape index (κ2) is 4.10. The minimum atomic E-state index is -0.470. The first kappa shape index (κ1) is 10.5. The Morgan fingerprint density at radius 2 is 2.14 bits per heavy atom. The van der Waals surface area contributed by atoms with Crippen LogP contribution in [0, 0.1) is 0 Å². The van der Waals surface area contributed by atoms with Gasteiger partial charge in [-0.25, -0.2) is 0 Å². The van der Waals surface area contributed by atoms with Gasteiger partial charge in [0, 0.05) is 20.0 Å². The van der Waals surface area contributed by atoms with Crippen LogP contribution < -0.4 is 10.9 Å². The van der Waals surface area contributed by atoms with Crippen LogP contribution in [0.4, 0.5) is 0 Å². The molecule has 0 unspecified atom stereocenters. The molecule has 14 heavy (non-hydrogen) atoms. The number of rotatable bonds is 1. The van der Waals surface area contributed by atoms with Gasteiger partial charge in [0.15, 0.2) is 5.15 Å². The number of carbonyl (C=O) groups excluding carboxylic acids is 2. The maximum Gasteiger partial charge on any atom is 0.287 e. The quantitative estimate of drug-likeness (QED) is 0.642. The molecular formula is C7H9ClN4O2. The zero-order valence-corrected chi connectivity index (χ0v) is 8.42. The molecule has 2 amide bonds. The summed E-state index contributed by atoms with van der Waals surface area (Å²) in [5, 5.41) is 3.99. The van der Waals surface area contributed by atoms with E-state index in [0.29, 0.717) is 0 Å². The third-order valence-electron chi connectivity index (χ3n) is 1.43. The van der Waals surface area contributed by atoms with Crippen molar-refractivity contribution < 1.29 is 9.59 Å². The van der Waals surface area contributed by atoms with E-state index in [9.17, 15) is 9.59 Å². The van der Waals surface area contributed by atoms with Gasteiger partial charge in [-0.2, -0.15) is 5.10 Å². The fraction of sp³-hybridized carbons (Fsp3) is 0.286. The predicted molar refractivity (Wildman–Crippen MR) is 49.5 cm³/mol. The van der Waals surface area contributed by atoms with E-state index in [1.165, 1.54) is 17.7 Å². The van der Waals surface area contributed by atoms with Gasteiger partial charge in [0.25, 0.3) is 5.91 Å². The zero-order valence-electron chi connectivity index (χ0n) is 7.67. The number of aromatic nitrogens is 2. The van der Waals surface area contributed by atoms with Gasteiger partial charge in [0.2, 0.25) is 5.91 Å². The summed E-state index contributed by atoms with van der Waals surface area (Å²) in [6, 6.07) is 1.40. The number of hydrogen-bond acceptors (Lipinski definition) is 3. The van der Waals surface area contributed by atoms with Crippen molar-refractivity contribution in [2.24, 2.45) is 7.05 Å². The van der Waals surface area contributed by atoms with Crippen LogP contribution >= 0.6 is 11.6 Å². The Hall–Kier alpha value is -1.56. The molecule has 1 heterocycles. The van der Waals surface area contributed by atoms with Gasteiger partial charge in [-0.15, -0.1) is 0 Å². The smallest absolute Gasteiger partial charge is 0.274 e. The highest BCUT2D eigenvalue weighted by atomic mass is 35.5. The summed E-state index contributed by atoms with van der Waals surface area (Å²) in [5.74, 6) is -0.825. The van der Waals surface area contributed by atoms with E-state index in [2.05, 4.69) is 16.0 Å². The monoisotopic (exact) mass is 216 g/mol. The highest BCUT2D eigenvalue weighted by molar-refractivity contribution is 6.29. The minimum Gasteiger partial charge on any atom is -0.274 e. The van der Waals surface area contributed by atoms with Crippen LogP contribution in [0.25, 0.3) is 0 Å². The van der Waals surface area contributed by atoms with E-state index >= 15 is 0 Å². The summed E-state index contributed by atoms with van der Waals surface area (Å²) in [7, 11) is 1.58. The standard InChI is InChI=1S/C7H9ClN4O2/c1-4(13)9-10-7(14)5-3-6(8)11-12(5)2/h3H,1-2H3,(H,9,13)(H,10,14). The van der Waals surface area contributed by atoms with Crippen molar-refractivity contribution in [3.63, 3.8) is 0 Å². The second-order valence-electron chi connectivity index (χ2n) is 2.61. The lowest BCUT2D eigenvalue weighted by atomic mass is 10.4. The summed E-state index contributed by atoms with van der Waals surface area (Å²) in [4.78, 5) is 21.8. The van der Waals surface area contributed by atoms with Gasteiger partial charge in [0.05, 0.1) is 0 Å². The number of carbonyl (C=O) groups is 2. The third kappa shape index (κ3) is 2.46. The predicted octanol–water partition coefficient (Wildman–Crippen LogP) is -0.146. The molecule has 1 aromatic heterocycles. The van der Waals surface area contributed by atoms with Crippen LogP contribution in [0.1, 0.15) is 17.4 Å². The average Bonchev–Trinajstić information content (AvgIpc) is 2.41. The summed E-state index contributed by atoms with van der Waals surface area (Å²) >= 11 is 5.57. The summed E-state index contributed by atoms with van der Waals surface area (Å²) < 4.78 is 1.32. The highest BCUT2D eigenvalue weighted by Gasteiger charge is 2.11. The van der Waals surface area contributed by atoms with Crippen LogP contribution in [0.15, 0.2) is 6.07 Å². The van der Waals surface area contributed by atoms with Crippen molar-refractivity contribution in [1.29, 1.82) is 0 Å². The van der Waals surface area contributed by atoms with Crippen LogP contribution in [0.2, 0.25) is 5.15 Å². The Kier molecular flexibility index (Phi) is 3.08. The van der Waals surface area contributed by atoms with Gasteiger partial charge in [0.1, 0.15) is 5.69 Å². The van der Waals surface area contributed by atoms with Crippen LogP contribution in [0.5, 0.6) is 0 Å². The number of hydrazine groups is 1. The first-order chi connectivity index (χ1) is 6.50. The Morgan fingerprint density at radius 1 is 1.50 bits per heavy atom. The zero-order chi connectivity index (χ0) is 10.7. The van der Waals surface area contributed by atoms with E-state index in [4.69, 9.17) is 11.6 Å². The van der Waals surface area contributed by atoms with Crippen LogP contribution in [0.3, 0.4) is 0 Å². The topological polar surface area (TPSA) is 76.0 Å². The molecule has 0 aliphatic rings.